The zero-order valence-corrected chi connectivity index (χ0v) is 11.9. The van der Waals surface area contributed by atoms with E-state index in [0.717, 1.165) is 30.5 Å². The van der Waals surface area contributed by atoms with Crippen molar-refractivity contribution in [3.8, 4) is 0 Å². The van der Waals surface area contributed by atoms with Gasteiger partial charge in [0.2, 0.25) is 0 Å². The van der Waals surface area contributed by atoms with Crippen molar-refractivity contribution < 1.29 is 9.53 Å². The van der Waals surface area contributed by atoms with E-state index < -0.39 is 0 Å². The smallest absolute Gasteiger partial charge is 0.319 e. The Kier molecular flexibility index (Phi) is 4.98. The standard InChI is InChI=1S/C15H23N3O2/c1-20-15(7-2-8-15)9-10-17-14(19)18-13-5-3-12(11-16)4-6-13/h3-6H,2,7-11,16H2,1H3,(H2,17,18,19). The lowest BCUT2D eigenvalue weighted by molar-refractivity contribution is -0.0762. The molecular weight excluding hydrogens is 254 g/mol. The van der Waals surface area contributed by atoms with E-state index in [1.807, 2.05) is 24.3 Å². The summed E-state index contributed by atoms with van der Waals surface area (Å²) < 4.78 is 5.52. The molecule has 2 rings (SSSR count). The SMILES string of the molecule is COC1(CCNC(=O)Nc2ccc(CN)cc2)CCC1. The van der Waals surface area contributed by atoms with Crippen molar-refractivity contribution in [3.05, 3.63) is 29.8 Å². The first-order valence-electron chi connectivity index (χ1n) is 7.06. The molecule has 0 radical (unpaired) electrons. The van der Waals surface area contributed by atoms with Crippen LogP contribution in [0.25, 0.3) is 0 Å². The molecule has 1 aliphatic carbocycles. The number of hydrogen-bond acceptors (Lipinski definition) is 3. The van der Waals surface area contributed by atoms with E-state index in [1.54, 1.807) is 7.11 Å². The minimum atomic E-state index is -0.184. The monoisotopic (exact) mass is 277 g/mol. The van der Waals surface area contributed by atoms with Gasteiger partial charge in [0.25, 0.3) is 0 Å². The van der Waals surface area contributed by atoms with Crippen molar-refractivity contribution in [2.45, 2.75) is 37.8 Å². The average Bonchev–Trinajstić information content (AvgIpc) is 2.43. The van der Waals surface area contributed by atoms with Gasteiger partial charge < -0.3 is 21.1 Å². The van der Waals surface area contributed by atoms with Crippen LogP contribution in [-0.4, -0.2) is 25.3 Å². The summed E-state index contributed by atoms with van der Waals surface area (Å²) in [5, 5.41) is 5.67. The maximum atomic E-state index is 11.8. The Morgan fingerprint density at radius 2 is 2.05 bits per heavy atom. The normalized spacial score (nSPS) is 16.3. The fraction of sp³-hybridized carbons (Fsp3) is 0.533. The van der Waals surface area contributed by atoms with E-state index in [9.17, 15) is 4.79 Å². The van der Waals surface area contributed by atoms with Crippen molar-refractivity contribution in [1.82, 2.24) is 5.32 Å². The second-order valence-corrected chi connectivity index (χ2v) is 5.27. The lowest BCUT2D eigenvalue weighted by atomic mass is 9.77. The van der Waals surface area contributed by atoms with Gasteiger partial charge in [-0.2, -0.15) is 0 Å². The average molecular weight is 277 g/mol. The lowest BCUT2D eigenvalue weighted by Crippen LogP contribution is -2.43. The molecule has 4 N–H and O–H groups in total. The predicted octanol–water partition coefficient (Wildman–Crippen LogP) is 2.23. The number of anilines is 1. The number of carbonyl (C=O) groups excluding carboxylic acids is 1. The second-order valence-electron chi connectivity index (χ2n) is 5.27. The molecule has 0 aliphatic heterocycles. The molecule has 1 saturated carbocycles. The number of nitrogens with one attached hydrogen (secondary N) is 2. The van der Waals surface area contributed by atoms with Crippen LogP contribution >= 0.6 is 0 Å². The van der Waals surface area contributed by atoms with E-state index >= 15 is 0 Å². The van der Waals surface area contributed by atoms with E-state index in [1.165, 1.54) is 6.42 Å². The van der Waals surface area contributed by atoms with Crippen LogP contribution in [0.5, 0.6) is 0 Å². The molecule has 1 aromatic carbocycles. The molecule has 0 atom stereocenters. The summed E-state index contributed by atoms with van der Waals surface area (Å²) in [4.78, 5) is 11.8. The minimum absolute atomic E-state index is 0.00391. The highest BCUT2D eigenvalue weighted by molar-refractivity contribution is 5.89. The molecule has 0 saturated heterocycles. The molecule has 1 aliphatic rings. The van der Waals surface area contributed by atoms with Gasteiger partial charge in [-0.15, -0.1) is 0 Å². The number of urea groups is 1. The number of amides is 2. The third kappa shape index (κ3) is 3.71. The molecule has 5 nitrogen and oxygen atoms in total. The Bertz CT molecular complexity index is 435. The van der Waals surface area contributed by atoms with Gasteiger partial charge in [0.1, 0.15) is 0 Å². The van der Waals surface area contributed by atoms with Crippen LogP contribution in [0.4, 0.5) is 10.5 Å². The van der Waals surface area contributed by atoms with Crippen LogP contribution in [0, 0.1) is 0 Å². The topological polar surface area (TPSA) is 76.4 Å². The number of rotatable bonds is 6. The minimum Gasteiger partial charge on any atom is -0.378 e. The summed E-state index contributed by atoms with van der Waals surface area (Å²) in [6.45, 7) is 1.13. The molecule has 1 aromatic rings. The Morgan fingerprint density at radius 1 is 1.35 bits per heavy atom. The molecule has 0 unspecified atom stereocenters. The Labute approximate surface area is 119 Å². The molecule has 0 aromatic heterocycles. The van der Waals surface area contributed by atoms with Crippen LogP contribution in [0.15, 0.2) is 24.3 Å². The highest BCUT2D eigenvalue weighted by atomic mass is 16.5. The van der Waals surface area contributed by atoms with E-state index in [-0.39, 0.29) is 11.6 Å². The Hall–Kier alpha value is -1.59. The van der Waals surface area contributed by atoms with Gasteiger partial charge >= 0.3 is 6.03 Å². The van der Waals surface area contributed by atoms with Crippen LogP contribution < -0.4 is 16.4 Å². The van der Waals surface area contributed by atoms with Crippen LogP contribution in [-0.2, 0) is 11.3 Å². The second kappa shape index (κ2) is 6.72. The lowest BCUT2D eigenvalue weighted by Gasteiger charge is -2.40. The summed E-state index contributed by atoms with van der Waals surface area (Å²) in [6.07, 6.45) is 4.26. The molecule has 1 fully saturated rings. The van der Waals surface area contributed by atoms with Crippen molar-refractivity contribution in [3.63, 3.8) is 0 Å². The van der Waals surface area contributed by atoms with Crippen molar-refractivity contribution in [2.75, 3.05) is 19.0 Å². The van der Waals surface area contributed by atoms with Gasteiger partial charge in [0, 0.05) is 25.9 Å². The van der Waals surface area contributed by atoms with Gasteiger partial charge in [-0.25, -0.2) is 4.79 Å². The summed E-state index contributed by atoms with van der Waals surface area (Å²) in [7, 11) is 1.75. The largest absolute Gasteiger partial charge is 0.378 e. The Morgan fingerprint density at radius 3 is 2.55 bits per heavy atom. The molecule has 5 heteroatoms. The van der Waals surface area contributed by atoms with Crippen molar-refractivity contribution in [1.29, 1.82) is 0 Å². The zero-order valence-electron chi connectivity index (χ0n) is 11.9. The number of hydrogen-bond donors (Lipinski definition) is 3. The predicted molar refractivity (Wildman–Crippen MR) is 79.6 cm³/mol. The number of ether oxygens (including phenoxy) is 1. The summed E-state index contributed by atoms with van der Waals surface area (Å²) >= 11 is 0. The van der Waals surface area contributed by atoms with Gasteiger partial charge in [0.15, 0.2) is 0 Å². The van der Waals surface area contributed by atoms with Gasteiger partial charge in [-0.3, -0.25) is 0 Å². The van der Waals surface area contributed by atoms with Crippen LogP contribution in [0.3, 0.4) is 0 Å². The highest BCUT2D eigenvalue weighted by Crippen LogP contribution is 2.37. The van der Waals surface area contributed by atoms with Gasteiger partial charge in [-0.1, -0.05) is 12.1 Å². The van der Waals surface area contributed by atoms with E-state index in [0.29, 0.717) is 13.1 Å². The molecule has 0 spiro atoms. The van der Waals surface area contributed by atoms with Crippen molar-refractivity contribution >= 4 is 11.7 Å². The zero-order chi connectivity index (χ0) is 14.4. The van der Waals surface area contributed by atoms with Gasteiger partial charge in [0.05, 0.1) is 5.60 Å². The number of carbonyl (C=O) groups is 1. The molecule has 0 heterocycles. The van der Waals surface area contributed by atoms with Crippen molar-refractivity contribution in [2.24, 2.45) is 5.73 Å². The number of methoxy groups -OCH3 is 1. The fourth-order valence-electron chi connectivity index (χ4n) is 2.43. The molecule has 0 bridgehead atoms. The van der Waals surface area contributed by atoms with Crippen LogP contribution in [0.1, 0.15) is 31.2 Å². The number of nitrogens with two attached hydrogens (primary N) is 1. The summed E-state index contributed by atoms with van der Waals surface area (Å²) in [5.41, 5.74) is 7.34. The summed E-state index contributed by atoms with van der Waals surface area (Å²) in [6, 6.07) is 7.33. The third-order valence-electron chi connectivity index (χ3n) is 4.01. The van der Waals surface area contributed by atoms with E-state index in [4.69, 9.17) is 10.5 Å². The van der Waals surface area contributed by atoms with E-state index in [2.05, 4.69) is 10.6 Å². The molecule has 2 amide bonds. The molecule has 110 valence electrons. The number of benzene rings is 1. The first kappa shape index (κ1) is 14.8. The summed E-state index contributed by atoms with van der Waals surface area (Å²) in [5.74, 6) is 0. The first-order valence-corrected chi connectivity index (χ1v) is 7.06. The quantitative estimate of drug-likeness (QED) is 0.746. The highest BCUT2D eigenvalue weighted by Gasteiger charge is 2.36. The fourth-order valence-corrected chi connectivity index (χ4v) is 2.43. The molecular formula is C15H23N3O2. The van der Waals surface area contributed by atoms with Crippen LogP contribution in [0.2, 0.25) is 0 Å². The Balaban J connectivity index is 1.72. The molecule has 20 heavy (non-hydrogen) atoms. The van der Waals surface area contributed by atoms with Gasteiger partial charge in [-0.05, 0) is 43.4 Å². The third-order valence-corrected chi connectivity index (χ3v) is 4.01. The maximum Gasteiger partial charge on any atom is 0.319 e. The first-order chi connectivity index (χ1) is 9.67. The maximum absolute atomic E-state index is 11.8.